The van der Waals surface area contributed by atoms with E-state index in [2.05, 4.69) is 30.1 Å². The monoisotopic (exact) mass is 464 g/mol. The minimum Gasteiger partial charge on any atom is -0.493 e. The molecule has 0 unspecified atom stereocenters. The SMILES string of the molecule is COc1cc2cc(C(=O)N3C[C@@H](CCl)c4c3cc(C)c3ccccc43)[nH]c2c(OC)c1OC. The van der Waals surface area contributed by atoms with Crippen molar-refractivity contribution in [1.82, 2.24) is 4.98 Å². The van der Waals surface area contributed by atoms with Crippen LogP contribution in [0.25, 0.3) is 21.7 Å². The number of benzene rings is 3. The number of aromatic amines is 1. The van der Waals surface area contributed by atoms with Crippen molar-refractivity contribution in [2.45, 2.75) is 12.8 Å². The third-order valence-corrected chi connectivity index (χ3v) is 6.83. The van der Waals surface area contributed by atoms with Crippen molar-refractivity contribution >= 4 is 44.9 Å². The highest BCUT2D eigenvalue weighted by atomic mass is 35.5. The molecule has 0 bridgehead atoms. The van der Waals surface area contributed by atoms with E-state index in [1.807, 2.05) is 29.2 Å². The summed E-state index contributed by atoms with van der Waals surface area (Å²) in [5.74, 6) is 1.90. The number of H-pyrrole nitrogens is 1. The quantitative estimate of drug-likeness (QED) is 0.388. The van der Waals surface area contributed by atoms with Crippen molar-refractivity contribution in [2.24, 2.45) is 0 Å². The van der Waals surface area contributed by atoms with Crippen molar-refractivity contribution in [2.75, 3.05) is 38.7 Å². The van der Waals surface area contributed by atoms with Crippen LogP contribution in [-0.2, 0) is 0 Å². The number of rotatable bonds is 5. The highest BCUT2D eigenvalue weighted by Crippen LogP contribution is 2.45. The lowest BCUT2D eigenvalue weighted by atomic mass is 9.93. The number of fused-ring (bicyclic) bond motifs is 4. The fourth-order valence-electron chi connectivity index (χ4n) is 4.95. The van der Waals surface area contributed by atoms with Gasteiger partial charge in [-0.2, -0.15) is 0 Å². The number of halogens is 1. The lowest BCUT2D eigenvalue weighted by Crippen LogP contribution is -2.30. The maximum atomic E-state index is 13.7. The molecule has 2 heterocycles. The molecule has 6 nitrogen and oxygen atoms in total. The Bertz CT molecular complexity index is 1390. The summed E-state index contributed by atoms with van der Waals surface area (Å²) in [7, 11) is 4.69. The second kappa shape index (κ2) is 8.19. The maximum Gasteiger partial charge on any atom is 0.274 e. The maximum absolute atomic E-state index is 13.7. The molecule has 33 heavy (non-hydrogen) atoms. The van der Waals surface area contributed by atoms with Crippen LogP contribution in [0.3, 0.4) is 0 Å². The van der Waals surface area contributed by atoms with Gasteiger partial charge in [-0.25, -0.2) is 0 Å². The van der Waals surface area contributed by atoms with Crippen molar-refractivity contribution in [1.29, 1.82) is 0 Å². The van der Waals surface area contributed by atoms with E-state index in [1.54, 1.807) is 21.3 Å². The van der Waals surface area contributed by atoms with Gasteiger partial charge in [-0.1, -0.05) is 24.3 Å². The lowest BCUT2D eigenvalue weighted by Gasteiger charge is -2.18. The molecule has 7 heteroatoms. The van der Waals surface area contributed by atoms with Crippen LogP contribution in [0.4, 0.5) is 5.69 Å². The number of methoxy groups -OCH3 is 3. The molecule has 1 amide bonds. The second-order valence-corrected chi connectivity index (χ2v) is 8.54. The number of ether oxygens (including phenoxy) is 3. The van der Waals surface area contributed by atoms with Crippen LogP contribution in [-0.4, -0.2) is 44.6 Å². The molecule has 1 aromatic heterocycles. The normalized spacial score (nSPS) is 15.2. The number of amides is 1. The predicted octanol–water partition coefficient (Wildman–Crippen LogP) is 5.64. The Morgan fingerprint density at radius 1 is 1.06 bits per heavy atom. The Morgan fingerprint density at radius 2 is 1.79 bits per heavy atom. The highest BCUT2D eigenvalue weighted by molar-refractivity contribution is 6.19. The fraction of sp³-hybridized carbons (Fsp3) is 0.269. The Hall–Kier alpha value is -3.38. The molecule has 1 aliphatic rings. The second-order valence-electron chi connectivity index (χ2n) is 8.23. The van der Waals surface area contributed by atoms with Crippen LogP contribution < -0.4 is 19.1 Å². The third kappa shape index (κ3) is 3.20. The standard InChI is InChI=1S/C26H25ClN2O4/c1-14-9-20-22(18-8-6-5-7-17(14)18)16(12-27)13-29(20)26(30)19-10-15-11-21(31-2)24(32-3)25(33-4)23(15)28-19/h5-11,16,28H,12-13H2,1-4H3/t16-/m1/s1. The number of aryl methyl sites for hydroxylation is 1. The first kappa shape index (κ1) is 21.5. The van der Waals surface area contributed by atoms with Gasteiger partial charge in [-0.3, -0.25) is 4.79 Å². The van der Waals surface area contributed by atoms with Gasteiger partial charge in [0.2, 0.25) is 5.75 Å². The molecule has 4 aromatic rings. The molecule has 170 valence electrons. The Balaban J connectivity index is 1.64. The molecule has 3 aromatic carbocycles. The summed E-state index contributed by atoms with van der Waals surface area (Å²) >= 11 is 6.37. The summed E-state index contributed by atoms with van der Waals surface area (Å²) in [5.41, 5.74) is 4.33. The van der Waals surface area contributed by atoms with Gasteiger partial charge in [0.05, 0.1) is 26.8 Å². The zero-order valence-electron chi connectivity index (χ0n) is 19.0. The molecular formula is C26H25ClN2O4. The number of carbonyl (C=O) groups excluding carboxylic acids is 1. The van der Waals surface area contributed by atoms with Crippen LogP contribution in [0.1, 0.15) is 27.5 Å². The number of hydrogen-bond acceptors (Lipinski definition) is 4. The van der Waals surface area contributed by atoms with Gasteiger partial charge < -0.3 is 24.1 Å². The molecule has 0 radical (unpaired) electrons. The highest BCUT2D eigenvalue weighted by Gasteiger charge is 2.35. The molecule has 1 atom stereocenters. The molecular weight excluding hydrogens is 440 g/mol. The van der Waals surface area contributed by atoms with E-state index in [0.29, 0.717) is 40.9 Å². The number of hydrogen-bond donors (Lipinski definition) is 1. The van der Waals surface area contributed by atoms with Crippen molar-refractivity contribution in [3.8, 4) is 17.2 Å². The topological polar surface area (TPSA) is 63.8 Å². The Labute approximate surface area is 197 Å². The van der Waals surface area contributed by atoms with Crippen LogP contribution >= 0.6 is 11.6 Å². The molecule has 5 rings (SSSR count). The molecule has 0 fully saturated rings. The van der Waals surface area contributed by atoms with Crippen LogP contribution in [0, 0.1) is 6.92 Å². The molecule has 0 saturated carbocycles. The molecule has 1 aliphatic heterocycles. The smallest absolute Gasteiger partial charge is 0.274 e. The molecule has 0 aliphatic carbocycles. The zero-order chi connectivity index (χ0) is 23.3. The van der Waals surface area contributed by atoms with E-state index in [4.69, 9.17) is 25.8 Å². The van der Waals surface area contributed by atoms with Crippen molar-refractivity contribution < 1.29 is 19.0 Å². The van der Waals surface area contributed by atoms with Gasteiger partial charge in [-0.05, 0) is 47.0 Å². The predicted molar refractivity (Wildman–Crippen MR) is 132 cm³/mol. The summed E-state index contributed by atoms with van der Waals surface area (Å²) < 4.78 is 16.5. The summed E-state index contributed by atoms with van der Waals surface area (Å²) in [6, 6.07) is 14.0. The molecule has 0 saturated heterocycles. The summed E-state index contributed by atoms with van der Waals surface area (Å²) in [6.07, 6.45) is 0. The van der Waals surface area contributed by atoms with Crippen molar-refractivity contribution in [3.05, 3.63) is 59.3 Å². The van der Waals surface area contributed by atoms with Gasteiger partial charge in [0, 0.05) is 29.4 Å². The van der Waals surface area contributed by atoms with Gasteiger partial charge >= 0.3 is 0 Å². The largest absolute Gasteiger partial charge is 0.493 e. The minimum atomic E-state index is -0.116. The van der Waals surface area contributed by atoms with E-state index < -0.39 is 0 Å². The number of nitrogens with one attached hydrogen (secondary N) is 1. The lowest BCUT2D eigenvalue weighted by molar-refractivity contribution is 0.0984. The number of anilines is 1. The van der Waals surface area contributed by atoms with E-state index in [9.17, 15) is 4.79 Å². The Kier molecular flexibility index (Phi) is 5.33. The van der Waals surface area contributed by atoms with E-state index in [1.165, 1.54) is 5.39 Å². The summed E-state index contributed by atoms with van der Waals surface area (Å²) in [6.45, 7) is 2.61. The van der Waals surface area contributed by atoms with E-state index >= 15 is 0 Å². The average molecular weight is 465 g/mol. The number of carbonyl (C=O) groups is 1. The Morgan fingerprint density at radius 3 is 2.45 bits per heavy atom. The van der Waals surface area contributed by atoms with E-state index in [-0.39, 0.29) is 11.8 Å². The summed E-state index contributed by atoms with van der Waals surface area (Å²) in [4.78, 5) is 18.8. The fourth-order valence-corrected chi connectivity index (χ4v) is 5.20. The average Bonchev–Trinajstić information content (AvgIpc) is 3.43. The number of nitrogens with zero attached hydrogens (tertiary/aromatic N) is 1. The van der Waals surface area contributed by atoms with Gasteiger partial charge in [-0.15, -0.1) is 11.6 Å². The first-order valence-corrected chi connectivity index (χ1v) is 11.3. The van der Waals surface area contributed by atoms with Crippen LogP contribution in [0.15, 0.2) is 42.5 Å². The molecule has 1 N–H and O–H groups in total. The van der Waals surface area contributed by atoms with Crippen LogP contribution in [0.5, 0.6) is 17.2 Å². The first-order valence-electron chi connectivity index (χ1n) is 10.7. The number of aromatic nitrogens is 1. The third-order valence-electron chi connectivity index (χ3n) is 6.46. The zero-order valence-corrected chi connectivity index (χ0v) is 19.7. The van der Waals surface area contributed by atoms with Crippen molar-refractivity contribution in [3.63, 3.8) is 0 Å². The van der Waals surface area contributed by atoms with Gasteiger partial charge in [0.15, 0.2) is 11.5 Å². The van der Waals surface area contributed by atoms with E-state index in [0.717, 1.165) is 27.6 Å². The van der Waals surface area contributed by atoms with Gasteiger partial charge in [0.25, 0.3) is 5.91 Å². The first-order chi connectivity index (χ1) is 16.0. The number of alkyl halides is 1. The minimum absolute atomic E-state index is 0.0650. The molecule has 0 spiro atoms. The van der Waals surface area contributed by atoms with Gasteiger partial charge in [0.1, 0.15) is 5.69 Å². The summed E-state index contributed by atoms with van der Waals surface area (Å²) in [5, 5.41) is 3.15. The van der Waals surface area contributed by atoms with Crippen LogP contribution in [0.2, 0.25) is 0 Å².